The van der Waals surface area contributed by atoms with Crippen molar-refractivity contribution in [1.82, 2.24) is 0 Å². The highest BCUT2D eigenvalue weighted by atomic mass is 16.5. The van der Waals surface area contributed by atoms with E-state index in [4.69, 9.17) is 4.74 Å². The second kappa shape index (κ2) is 4.15. The summed E-state index contributed by atoms with van der Waals surface area (Å²) in [4.78, 5) is 0. The molecule has 0 aromatic carbocycles. The fourth-order valence-corrected chi connectivity index (χ4v) is 1.26. The van der Waals surface area contributed by atoms with Gasteiger partial charge in [-0.25, -0.2) is 0 Å². The van der Waals surface area contributed by atoms with Gasteiger partial charge in [0, 0.05) is 12.0 Å². The second-order valence-corrected chi connectivity index (χ2v) is 3.19. The summed E-state index contributed by atoms with van der Waals surface area (Å²) in [6.45, 7) is 7.85. The summed E-state index contributed by atoms with van der Waals surface area (Å²) in [6, 6.07) is 0. The van der Waals surface area contributed by atoms with Gasteiger partial charge in [-0.15, -0.1) is 0 Å². The zero-order chi connectivity index (χ0) is 8.97. The van der Waals surface area contributed by atoms with Crippen LogP contribution in [0.3, 0.4) is 0 Å². The van der Waals surface area contributed by atoms with Gasteiger partial charge in [-0.3, -0.25) is 0 Å². The van der Waals surface area contributed by atoms with E-state index in [0.717, 1.165) is 24.2 Å². The third-order valence-electron chi connectivity index (χ3n) is 1.76. The van der Waals surface area contributed by atoms with Crippen LogP contribution in [0.25, 0.3) is 0 Å². The van der Waals surface area contributed by atoms with Gasteiger partial charge >= 0.3 is 0 Å². The number of rotatable bonds is 3. The van der Waals surface area contributed by atoms with Crippen molar-refractivity contribution in [3.8, 4) is 0 Å². The Kier molecular flexibility index (Phi) is 3.15. The lowest BCUT2D eigenvalue weighted by Crippen LogP contribution is -2.05. The summed E-state index contributed by atoms with van der Waals surface area (Å²) in [5.74, 6) is 1.09. The van der Waals surface area contributed by atoms with E-state index in [2.05, 4.69) is 18.7 Å². The van der Waals surface area contributed by atoms with E-state index >= 15 is 0 Å². The molecule has 1 rings (SSSR count). The SMILES string of the molecule is C=CC1=C(OC(C)C)CCC=C1. The summed E-state index contributed by atoms with van der Waals surface area (Å²) < 4.78 is 5.65. The van der Waals surface area contributed by atoms with Gasteiger partial charge in [0.1, 0.15) is 5.76 Å². The molecule has 1 heteroatoms. The molecule has 12 heavy (non-hydrogen) atoms. The molecule has 0 bridgehead atoms. The monoisotopic (exact) mass is 164 g/mol. The van der Waals surface area contributed by atoms with Gasteiger partial charge in [-0.1, -0.05) is 24.8 Å². The standard InChI is InChI=1S/C11H16O/c1-4-10-7-5-6-8-11(10)12-9(2)3/h4-5,7,9H,1,6,8H2,2-3H3. The topological polar surface area (TPSA) is 9.23 Å². The molecular formula is C11H16O. The first kappa shape index (κ1) is 9.11. The lowest BCUT2D eigenvalue weighted by Gasteiger charge is -2.17. The Labute approximate surface area is 74.4 Å². The third kappa shape index (κ3) is 2.26. The molecule has 0 spiro atoms. The maximum Gasteiger partial charge on any atom is 0.104 e. The summed E-state index contributed by atoms with van der Waals surface area (Å²) in [5, 5.41) is 0. The Bertz CT molecular complexity index is 221. The summed E-state index contributed by atoms with van der Waals surface area (Å²) >= 11 is 0. The maximum atomic E-state index is 5.65. The molecule has 0 heterocycles. The zero-order valence-electron chi connectivity index (χ0n) is 7.84. The fraction of sp³-hybridized carbons (Fsp3) is 0.455. The van der Waals surface area contributed by atoms with Gasteiger partial charge in [0.15, 0.2) is 0 Å². The van der Waals surface area contributed by atoms with Gasteiger partial charge in [-0.05, 0) is 20.3 Å². The molecule has 0 atom stereocenters. The molecule has 0 aromatic rings. The van der Waals surface area contributed by atoms with Crippen LogP contribution in [-0.2, 0) is 4.74 Å². The van der Waals surface area contributed by atoms with Crippen molar-refractivity contribution in [2.75, 3.05) is 0 Å². The first-order valence-corrected chi connectivity index (χ1v) is 4.43. The van der Waals surface area contributed by atoms with E-state index in [1.54, 1.807) is 0 Å². The fourth-order valence-electron chi connectivity index (χ4n) is 1.26. The highest BCUT2D eigenvalue weighted by molar-refractivity contribution is 5.34. The van der Waals surface area contributed by atoms with Gasteiger partial charge in [0.05, 0.1) is 6.10 Å². The highest BCUT2D eigenvalue weighted by Gasteiger charge is 2.08. The lowest BCUT2D eigenvalue weighted by molar-refractivity contribution is 0.138. The van der Waals surface area contributed by atoms with Crippen LogP contribution in [0.2, 0.25) is 0 Å². The Morgan fingerprint density at radius 2 is 2.33 bits per heavy atom. The van der Waals surface area contributed by atoms with Crippen LogP contribution in [-0.4, -0.2) is 6.10 Å². The predicted molar refractivity (Wildman–Crippen MR) is 51.8 cm³/mol. The summed E-state index contributed by atoms with van der Waals surface area (Å²) in [6.07, 6.45) is 8.45. The smallest absolute Gasteiger partial charge is 0.104 e. The van der Waals surface area contributed by atoms with Crippen molar-refractivity contribution in [3.63, 3.8) is 0 Å². The van der Waals surface area contributed by atoms with E-state index < -0.39 is 0 Å². The summed E-state index contributed by atoms with van der Waals surface area (Å²) in [7, 11) is 0. The van der Waals surface area contributed by atoms with Crippen molar-refractivity contribution in [2.24, 2.45) is 0 Å². The molecule has 1 aliphatic carbocycles. The van der Waals surface area contributed by atoms with Crippen molar-refractivity contribution in [2.45, 2.75) is 32.8 Å². The molecule has 0 N–H and O–H groups in total. The Balaban J connectivity index is 2.74. The van der Waals surface area contributed by atoms with Gasteiger partial charge in [0.2, 0.25) is 0 Å². The number of hydrogen-bond donors (Lipinski definition) is 0. The number of ether oxygens (including phenoxy) is 1. The minimum atomic E-state index is 0.265. The third-order valence-corrected chi connectivity index (χ3v) is 1.76. The highest BCUT2D eigenvalue weighted by Crippen LogP contribution is 2.21. The van der Waals surface area contributed by atoms with Crippen molar-refractivity contribution in [3.05, 3.63) is 36.1 Å². The lowest BCUT2D eigenvalue weighted by atomic mass is 10.1. The average Bonchev–Trinajstić information content (AvgIpc) is 2.04. The van der Waals surface area contributed by atoms with Crippen LogP contribution in [0.15, 0.2) is 36.1 Å². The van der Waals surface area contributed by atoms with E-state index in [0.29, 0.717) is 0 Å². The molecule has 0 saturated carbocycles. The molecule has 0 fully saturated rings. The average molecular weight is 164 g/mol. The van der Waals surface area contributed by atoms with Crippen LogP contribution in [0, 0.1) is 0 Å². The van der Waals surface area contributed by atoms with E-state index in [9.17, 15) is 0 Å². The number of allylic oxidation sites excluding steroid dienone is 5. The van der Waals surface area contributed by atoms with E-state index in [1.807, 2.05) is 19.9 Å². The molecule has 66 valence electrons. The Hall–Kier alpha value is -0.980. The Morgan fingerprint density at radius 3 is 2.92 bits per heavy atom. The van der Waals surface area contributed by atoms with Gasteiger partial charge in [0.25, 0.3) is 0 Å². The molecule has 1 nitrogen and oxygen atoms in total. The molecular weight excluding hydrogens is 148 g/mol. The van der Waals surface area contributed by atoms with Crippen molar-refractivity contribution in [1.29, 1.82) is 0 Å². The van der Waals surface area contributed by atoms with Gasteiger partial charge in [-0.2, -0.15) is 0 Å². The van der Waals surface area contributed by atoms with Gasteiger partial charge < -0.3 is 4.74 Å². The van der Waals surface area contributed by atoms with E-state index in [1.165, 1.54) is 0 Å². The first-order chi connectivity index (χ1) is 5.74. The largest absolute Gasteiger partial charge is 0.495 e. The minimum Gasteiger partial charge on any atom is -0.495 e. The predicted octanol–water partition coefficient (Wildman–Crippen LogP) is 3.20. The molecule has 0 unspecified atom stereocenters. The van der Waals surface area contributed by atoms with Crippen molar-refractivity contribution < 1.29 is 4.74 Å². The van der Waals surface area contributed by atoms with E-state index in [-0.39, 0.29) is 6.10 Å². The Morgan fingerprint density at radius 1 is 1.58 bits per heavy atom. The molecule has 0 radical (unpaired) electrons. The molecule has 0 aliphatic heterocycles. The first-order valence-electron chi connectivity index (χ1n) is 4.43. The summed E-state index contributed by atoms with van der Waals surface area (Å²) in [5.41, 5.74) is 1.13. The van der Waals surface area contributed by atoms with Crippen LogP contribution >= 0.6 is 0 Å². The molecule has 0 amide bonds. The molecule has 0 aromatic heterocycles. The zero-order valence-corrected chi connectivity index (χ0v) is 7.84. The quantitative estimate of drug-likeness (QED) is 0.622. The van der Waals surface area contributed by atoms with Crippen LogP contribution < -0.4 is 0 Å². The normalized spacial score (nSPS) is 16.9. The maximum absolute atomic E-state index is 5.65. The minimum absolute atomic E-state index is 0.265. The molecule has 0 saturated heterocycles. The molecule has 1 aliphatic rings. The van der Waals surface area contributed by atoms with Crippen LogP contribution in [0.5, 0.6) is 0 Å². The van der Waals surface area contributed by atoms with Crippen LogP contribution in [0.1, 0.15) is 26.7 Å². The second-order valence-electron chi connectivity index (χ2n) is 3.19. The van der Waals surface area contributed by atoms with Crippen LogP contribution in [0.4, 0.5) is 0 Å². The van der Waals surface area contributed by atoms with Crippen molar-refractivity contribution >= 4 is 0 Å². The number of hydrogen-bond acceptors (Lipinski definition) is 1.